The summed E-state index contributed by atoms with van der Waals surface area (Å²) in [5.41, 5.74) is 5.17. The van der Waals surface area contributed by atoms with Gasteiger partial charge in [0.05, 0.1) is 12.6 Å². The first kappa shape index (κ1) is 11.5. The number of hydrogen-bond acceptors (Lipinski definition) is 3. The number of rotatable bonds is 1. The molecule has 0 aliphatic rings. The summed E-state index contributed by atoms with van der Waals surface area (Å²) in [5.74, 6) is 0.946. The van der Waals surface area contributed by atoms with Gasteiger partial charge in [-0.3, -0.25) is 0 Å². The molecule has 20 heavy (non-hydrogen) atoms. The van der Waals surface area contributed by atoms with Gasteiger partial charge in [0.25, 0.3) is 5.65 Å². The minimum atomic E-state index is 0.799. The van der Waals surface area contributed by atoms with Gasteiger partial charge >= 0.3 is 5.82 Å². The van der Waals surface area contributed by atoms with Crippen LogP contribution in [0.25, 0.3) is 28.2 Å². The van der Waals surface area contributed by atoms with Gasteiger partial charge in [0.2, 0.25) is 0 Å². The van der Waals surface area contributed by atoms with E-state index in [1.54, 1.807) is 11.5 Å². The lowest BCUT2D eigenvalue weighted by atomic mass is 10.1. The second-order valence-electron chi connectivity index (χ2n) is 4.87. The fourth-order valence-electron chi connectivity index (χ4n) is 2.48. The molecule has 0 N–H and O–H groups in total. The quantitative estimate of drug-likeness (QED) is 0.503. The van der Waals surface area contributed by atoms with E-state index in [-0.39, 0.29) is 0 Å². The molecule has 1 aromatic carbocycles. The topological polar surface area (TPSA) is 34.1 Å². The Hall–Kier alpha value is -2.27. The zero-order valence-electron chi connectivity index (χ0n) is 11.2. The van der Waals surface area contributed by atoms with E-state index in [2.05, 4.69) is 38.6 Å². The van der Waals surface area contributed by atoms with E-state index in [0.717, 1.165) is 28.2 Å². The fraction of sp³-hybridized carbons (Fsp3) is 0.133. The first-order chi connectivity index (χ1) is 9.74. The highest BCUT2D eigenvalue weighted by molar-refractivity contribution is 7.04. The third-order valence-corrected chi connectivity index (χ3v) is 4.36. The molecule has 3 aromatic heterocycles. The standard InChI is InChI=1S/C15H13N4S/c1-10-5-3-4-6-11(10)15-17-14-12(9-18(15)2)19-13(16-14)7-8-20-19/h3-9H,1-2H3/q+1. The van der Waals surface area contributed by atoms with Crippen molar-refractivity contribution in [1.82, 2.24) is 13.8 Å². The van der Waals surface area contributed by atoms with Gasteiger partial charge in [-0.1, -0.05) is 29.7 Å². The number of fused-ring (bicyclic) bond motifs is 3. The Balaban J connectivity index is 2.05. The van der Waals surface area contributed by atoms with Crippen molar-refractivity contribution >= 4 is 28.3 Å². The van der Waals surface area contributed by atoms with Gasteiger partial charge in [0.15, 0.2) is 11.2 Å². The van der Waals surface area contributed by atoms with Crippen LogP contribution >= 0.6 is 11.5 Å². The van der Waals surface area contributed by atoms with Crippen molar-refractivity contribution in [2.75, 3.05) is 0 Å². The van der Waals surface area contributed by atoms with E-state index < -0.39 is 0 Å². The lowest BCUT2D eigenvalue weighted by Gasteiger charge is -2.02. The van der Waals surface area contributed by atoms with Crippen LogP contribution in [0.5, 0.6) is 0 Å². The molecule has 0 saturated heterocycles. The summed E-state index contributed by atoms with van der Waals surface area (Å²) in [6.07, 6.45) is 2.10. The van der Waals surface area contributed by atoms with Crippen LogP contribution in [-0.4, -0.2) is 13.8 Å². The van der Waals surface area contributed by atoms with Crippen molar-refractivity contribution in [1.29, 1.82) is 0 Å². The van der Waals surface area contributed by atoms with Crippen molar-refractivity contribution < 1.29 is 4.57 Å². The van der Waals surface area contributed by atoms with E-state index in [4.69, 9.17) is 4.98 Å². The fourth-order valence-corrected chi connectivity index (χ4v) is 3.24. The van der Waals surface area contributed by atoms with Crippen LogP contribution < -0.4 is 4.57 Å². The highest BCUT2D eigenvalue weighted by atomic mass is 32.1. The highest BCUT2D eigenvalue weighted by Crippen LogP contribution is 2.22. The first-order valence-electron chi connectivity index (χ1n) is 6.43. The molecule has 0 amide bonds. The van der Waals surface area contributed by atoms with Gasteiger partial charge in [-0.25, -0.2) is 8.36 Å². The predicted octanol–water partition coefficient (Wildman–Crippen LogP) is 2.74. The maximum absolute atomic E-state index is 4.75. The van der Waals surface area contributed by atoms with Crippen molar-refractivity contribution in [3.63, 3.8) is 0 Å². The second kappa shape index (κ2) is 4.11. The van der Waals surface area contributed by atoms with E-state index in [9.17, 15) is 0 Å². The lowest BCUT2D eigenvalue weighted by molar-refractivity contribution is -0.661. The van der Waals surface area contributed by atoms with Crippen LogP contribution in [0.4, 0.5) is 0 Å². The Labute approximate surface area is 120 Å². The maximum atomic E-state index is 4.75. The van der Waals surface area contributed by atoms with Crippen LogP contribution in [0.3, 0.4) is 0 Å². The van der Waals surface area contributed by atoms with E-state index in [0.29, 0.717) is 0 Å². The molecule has 0 fully saturated rings. The van der Waals surface area contributed by atoms with E-state index in [1.165, 1.54) is 5.56 Å². The molecule has 0 aliphatic heterocycles. The Morgan fingerprint density at radius 2 is 2.00 bits per heavy atom. The molecule has 0 bridgehead atoms. The number of aryl methyl sites for hydroxylation is 2. The molecular weight excluding hydrogens is 268 g/mol. The summed E-state index contributed by atoms with van der Waals surface area (Å²) in [5, 5.41) is 2.04. The predicted molar refractivity (Wildman–Crippen MR) is 79.7 cm³/mol. The molecule has 4 aromatic rings. The van der Waals surface area contributed by atoms with Crippen molar-refractivity contribution in [3.05, 3.63) is 47.5 Å². The van der Waals surface area contributed by atoms with Crippen molar-refractivity contribution in [3.8, 4) is 11.4 Å². The molecule has 0 aliphatic carbocycles. The lowest BCUT2D eigenvalue weighted by Crippen LogP contribution is -2.32. The largest absolute Gasteiger partial charge is 0.333 e. The highest BCUT2D eigenvalue weighted by Gasteiger charge is 2.20. The van der Waals surface area contributed by atoms with Gasteiger partial charge in [0.1, 0.15) is 6.20 Å². The Bertz CT molecular complexity index is 936. The molecule has 0 radical (unpaired) electrons. The van der Waals surface area contributed by atoms with Crippen LogP contribution in [0, 0.1) is 6.92 Å². The van der Waals surface area contributed by atoms with Gasteiger partial charge in [0, 0.05) is 5.38 Å². The monoisotopic (exact) mass is 281 g/mol. The molecule has 0 unspecified atom stereocenters. The smallest absolute Gasteiger partial charge is 0.239 e. The molecule has 4 nitrogen and oxygen atoms in total. The van der Waals surface area contributed by atoms with Crippen LogP contribution in [0.1, 0.15) is 5.56 Å². The summed E-state index contributed by atoms with van der Waals surface area (Å²) >= 11 is 1.64. The van der Waals surface area contributed by atoms with Gasteiger partial charge in [-0.05, 0) is 29.6 Å². The zero-order chi connectivity index (χ0) is 13.7. The summed E-state index contributed by atoms with van der Waals surface area (Å²) in [7, 11) is 2.03. The maximum Gasteiger partial charge on any atom is 0.333 e. The summed E-state index contributed by atoms with van der Waals surface area (Å²) in [4.78, 5) is 9.33. The van der Waals surface area contributed by atoms with E-state index >= 15 is 0 Å². The van der Waals surface area contributed by atoms with Gasteiger partial charge in [-0.2, -0.15) is 4.98 Å². The summed E-state index contributed by atoms with van der Waals surface area (Å²) < 4.78 is 4.17. The molecule has 5 heteroatoms. The number of hydrogen-bond donors (Lipinski definition) is 0. The molecule has 0 atom stereocenters. The summed E-state index contributed by atoms with van der Waals surface area (Å²) in [6.45, 7) is 2.10. The Morgan fingerprint density at radius 1 is 1.15 bits per heavy atom. The average molecular weight is 281 g/mol. The average Bonchev–Trinajstić information content (AvgIpc) is 3.00. The minimum absolute atomic E-state index is 0.799. The number of benzene rings is 1. The second-order valence-corrected chi connectivity index (χ2v) is 5.72. The van der Waals surface area contributed by atoms with Crippen molar-refractivity contribution in [2.24, 2.45) is 7.05 Å². The normalized spacial score (nSPS) is 11.5. The third-order valence-electron chi connectivity index (χ3n) is 3.51. The van der Waals surface area contributed by atoms with Crippen LogP contribution in [-0.2, 0) is 7.05 Å². The third kappa shape index (κ3) is 1.56. The summed E-state index contributed by atoms with van der Waals surface area (Å²) in [6, 6.07) is 10.3. The zero-order valence-corrected chi connectivity index (χ0v) is 12.1. The molecule has 3 heterocycles. The molecule has 0 saturated carbocycles. The number of aromatic nitrogens is 4. The SMILES string of the molecule is Cc1ccccc1-c1nc2nc3ccsn3c2c[n+]1C. The van der Waals surface area contributed by atoms with Crippen LogP contribution in [0.15, 0.2) is 41.9 Å². The molecular formula is C15H13N4S+. The minimum Gasteiger partial charge on any atom is -0.239 e. The van der Waals surface area contributed by atoms with Gasteiger partial charge < -0.3 is 0 Å². The first-order valence-corrected chi connectivity index (χ1v) is 7.26. The molecule has 98 valence electrons. The van der Waals surface area contributed by atoms with Crippen molar-refractivity contribution in [2.45, 2.75) is 6.92 Å². The van der Waals surface area contributed by atoms with Crippen LogP contribution in [0.2, 0.25) is 0 Å². The Kier molecular flexibility index (Phi) is 2.37. The number of imidazole rings is 1. The van der Waals surface area contributed by atoms with Gasteiger partial charge in [-0.15, -0.1) is 0 Å². The Morgan fingerprint density at radius 3 is 2.85 bits per heavy atom. The van der Waals surface area contributed by atoms with E-state index in [1.807, 2.05) is 30.6 Å². The molecule has 4 rings (SSSR count). The number of nitrogens with zero attached hydrogens (tertiary/aromatic N) is 4. The molecule has 0 spiro atoms.